The molecule has 0 saturated carbocycles. The van der Waals surface area contributed by atoms with E-state index < -0.39 is 6.03 Å². The SMILES string of the molecule is CCOc1ccccc1NC(=O)Nc1ccccc1OCc1cc(=O)n2ccc(C)cc2n1. The Labute approximate surface area is 190 Å². The molecule has 0 radical (unpaired) electrons. The summed E-state index contributed by atoms with van der Waals surface area (Å²) in [6, 6.07) is 19.0. The van der Waals surface area contributed by atoms with Gasteiger partial charge < -0.3 is 20.1 Å². The fourth-order valence-electron chi connectivity index (χ4n) is 3.30. The summed E-state index contributed by atoms with van der Waals surface area (Å²) in [6.45, 7) is 4.38. The lowest BCUT2D eigenvalue weighted by Crippen LogP contribution is -2.20. The standard InChI is InChI=1S/C25H24N4O4/c1-3-32-21-10-6-4-8-19(21)27-25(31)28-20-9-5-7-11-22(20)33-16-18-15-24(30)29-13-12-17(2)14-23(29)26-18/h4-15H,3,16H2,1-2H3,(H2,27,28,31). The lowest BCUT2D eigenvalue weighted by atomic mass is 10.3. The number of carbonyl (C=O) groups is 1. The van der Waals surface area contributed by atoms with Gasteiger partial charge in [0.2, 0.25) is 0 Å². The van der Waals surface area contributed by atoms with E-state index in [0.717, 1.165) is 5.56 Å². The average molecular weight is 444 g/mol. The number of carbonyl (C=O) groups excluding carboxylic acids is 1. The zero-order valence-electron chi connectivity index (χ0n) is 18.4. The van der Waals surface area contributed by atoms with Gasteiger partial charge in [0, 0.05) is 12.3 Å². The molecule has 8 heteroatoms. The summed E-state index contributed by atoms with van der Waals surface area (Å²) in [6.07, 6.45) is 1.70. The number of fused-ring (bicyclic) bond motifs is 1. The molecule has 0 atom stereocenters. The third-order valence-corrected chi connectivity index (χ3v) is 4.82. The van der Waals surface area contributed by atoms with Crippen LogP contribution in [0.4, 0.5) is 16.2 Å². The summed E-state index contributed by atoms with van der Waals surface area (Å²) in [5.41, 5.74) is 2.92. The predicted molar refractivity (Wildman–Crippen MR) is 127 cm³/mol. The van der Waals surface area contributed by atoms with E-state index in [0.29, 0.717) is 40.8 Å². The highest BCUT2D eigenvalue weighted by Gasteiger charge is 2.11. The van der Waals surface area contributed by atoms with E-state index in [9.17, 15) is 9.59 Å². The van der Waals surface area contributed by atoms with Crippen LogP contribution in [0.1, 0.15) is 18.2 Å². The molecule has 2 aromatic carbocycles. The summed E-state index contributed by atoms with van der Waals surface area (Å²) in [4.78, 5) is 29.5. The predicted octanol–water partition coefficient (Wildman–Crippen LogP) is 4.62. The molecule has 0 aliphatic carbocycles. The fraction of sp³-hybridized carbons (Fsp3) is 0.160. The molecule has 8 nitrogen and oxygen atoms in total. The zero-order chi connectivity index (χ0) is 23.2. The van der Waals surface area contributed by atoms with Crippen LogP contribution in [-0.2, 0) is 6.61 Å². The number of ether oxygens (including phenoxy) is 2. The van der Waals surface area contributed by atoms with Crippen molar-refractivity contribution in [2.45, 2.75) is 20.5 Å². The monoisotopic (exact) mass is 444 g/mol. The summed E-state index contributed by atoms with van der Waals surface area (Å²) in [5.74, 6) is 1.04. The van der Waals surface area contributed by atoms with E-state index in [1.165, 1.54) is 10.5 Å². The lowest BCUT2D eigenvalue weighted by molar-refractivity contribution is 0.261. The molecule has 168 valence electrons. The number of anilines is 2. The normalized spacial score (nSPS) is 10.6. The molecule has 0 aliphatic heterocycles. The van der Waals surface area contributed by atoms with Crippen LogP contribution in [0.25, 0.3) is 5.65 Å². The van der Waals surface area contributed by atoms with Crippen molar-refractivity contribution in [3.8, 4) is 11.5 Å². The number of hydrogen-bond donors (Lipinski definition) is 2. The van der Waals surface area contributed by atoms with Crippen molar-refractivity contribution in [1.82, 2.24) is 9.38 Å². The molecule has 2 heterocycles. The number of hydrogen-bond acceptors (Lipinski definition) is 5. The van der Waals surface area contributed by atoms with Crippen molar-refractivity contribution < 1.29 is 14.3 Å². The fourth-order valence-corrected chi connectivity index (χ4v) is 3.30. The molecule has 0 aliphatic rings. The van der Waals surface area contributed by atoms with Crippen LogP contribution in [-0.4, -0.2) is 22.0 Å². The molecular formula is C25H24N4O4. The van der Waals surface area contributed by atoms with Crippen LogP contribution in [0.3, 0.4) is 0 Å². The van der Waals surface area contributed by atoms with Crippen LogP contribution in [0.5, 0.6) is 11.5 Å². The van der Waals surface area contributed by atoms with Crippen molar-refractivity contribution in [3.05, 3.63) is 94.5 Å². The first-order chi connectivity index (χ1) is 16.0. The van der Waals surface area contributed by atoms with Gasteiger partial charge in [-0.2, -0.15) is 0 Å². The number of aromatic nitrogens is 2. The van der Waals surface area contributed by atoms with Gasteiger partial charge in [0.1, 0.15) is 23.8 Å². The summed E-state index contributed by atoms with van der Waals surface area (Å²) >= 11 is 0. The Morgan fingerprint density at radius 2 is 1.58 bits per heavy atom. The maximum Gasteiger partial charge on any atom is 0.323 e. The Hall–Kier alpha value is -4.33. The first-order valence-electron chi connectivity index (χ1n) is 10.5. The Morgan fingerprint density at radius 1 is 0.939 bits per heavy atom. The third kappa shape index (κ3) is 5.30. The van der Waals surface area contributed by atoms with Crippen LogP contribution in [0.15, 0.2) is 77.7 Å². The van der Waals surface area contributed by atoms with E-state index in [1.54, 1.807) is 42.6 Å². The second kappa shape index (κ2) is 9.86. The van der Waals surface area contributed by atoms with Crippen molar-refractivity contribution in [2.24, 2.45) is 0 Å². The highest BCUT2D eigenvalue weighted by molar-refractivity contribution is 6.01. The van der Waals surface area contributed by atoms with Gasteiger partial charge in [-0.3, -0.25) is 9.20 Å². The minimum Gasteiger partial charge on any atom is -0.492 e. The summed E-state index contributed by atoms with van der Waals surface area (Å²) in [7, 11) is 0. The first-order valence-corrected chi connectivity index (χ1v) is 10.5. The van der Waals surface area contributed by atoms with Gasteiger partial charge in [0.25, 0.3) is 5.56 Å². The molecule has 0 spiro atoms. The van der Waals surface area contributed by atoms with Gasteiger partial charge in [-0.15, -0.1) is 0 Å². The molecule has 2 N–H and O–H groups in total. The molecule has 0 fully saturated rings. The first kappa shape index (κ1) is 21.9. The molecule has 33 heavy (non-hydrogen) atoms. The van der Waals surface area contributed by atoms with Crippen molar-refractivity contribution in [3.63, 3.8) is 0 Å². The summed E-state index contributed by atoms with van der Waals surface area (Å²) in [5, 5.41) is 5.59. The largest absolute Gasteiger partial charge is 0.492 e. The molecule has 0 saturated heterocycles. The number of aryl methyl sites for hydroxylation is 1. The third-order valence-electron chi connectivity index (χ3n) is 4.82. The number of pyridine rings is 1. The minimum atomic E-state index is -0.434. The number of nitrogens with zero attached hydrogens (tertiary/aromatic N) is 2. The van der Waals surface area contributed by atoms with Gasteiger partial charge in [-0.25, -0.2) is 9.78 Å². The molecule has 2 aromatic heterocycles. The van der Waals surface area contributed by atoms with Gasteiger partial charge in [-0.1, -0.05) is 24.3 Å². The number of benzene rings is 2. The Balaban J connectivity index is 1.47. The number of rotatable bonds is 7. The van der Waals surface area contributed by atoms with Gasteiger partial charge in [0.05, 0.1) is 23.7 Å². The minimum absolute atomic E-state index is 0.0766. The van der Waals surface area contributed by atoms with E-state index in [4.69, 9.17) is 9.47 Å². The summed E-state index contributed by atoms with van der Waals surface area (Å²) < 4.78 is 12.9. The Bertz CT molecular complexity index is 1350. The van der Waals surface area contributed by atoms with E-state index in [1.807, 2.05) is 38.1 Å². The quantitative estimate of drug-likeness (QED) is 0.434. The molecule has 0 unspecified atom stereocenters. The highest BCUT2D eigenvalue weighted by Crippen LogP contribution is 2.27. The van der Waals surface area contributed by atoms with E-state index in [-0.39, 0.29) is 12.2 Å². The van der Waals surface area contributed by atoms with Crippen LogP contribution in [0.2, 0.25) is 0 Å². The van der Waals surface area contributed by atoms with Gasteiger partial charge in [0.15, 0.2) is 0 Å². The van der Waals surface area contributed by atoms with Crippen molar-refractivity contribution >= 4 is 23.1 Å². The number of amides is 2. The molecular weight excluding hydrogens is 420 g/mol. The number of urea groups is 1. The van der Waals surface area contributed by atoms with Gasteiger partial charge >= 0.3 is 6.03 Å². The van der Waals surface area contributed by atoms with E-state index in [2.05, 4.69) is 15.6 Å². The highest BCUT2D eigenvalue weighted by atomic mass is 16.5. The Kier molecular flexibility index (Phi) is 6.54. The number of nitrogens with one attached hydrogen (secondary N) is 2. The van der Waals surface area contributed by atoms with Crippen LogP contribution in [0, 0.1) is 6.92 Å². The lowest BCUT2D eigenvalue weighted by Gasteiger charge is -2.14. The molecule has 4 aromatic rings. The van der Waals surface area contributed by atoms with E-state index >= 15 is 0 Å². The van der Waals surface area contributed by atoms with Crippen molar-refractivity contribution in [2.75, 3.05) is 17.2 Å². The average Bonchev–Trinajstić information content (AvgIpc) is 2.79. The smallest absolute Gasteiger partial charge is 0.323 e. The van der Waals surface area contributed by atoms with Crippen LogP contribution >= 0.6 is 0 Å². The van der Waals surface area contributed by atoms with Gasteiger partial charge in [-0.05, 0) is 55.8 Å². The maximum atomic E-state index is 12.6. The molecule has 4 rings (SSSR count). The second-order valence-corrected chi connectivity index (χ2v) is 7.31. The Morgan fingerprint density at radius 3 is 2.24 bits per heavy atom. The molecule has 0 bridgehead atoms. The maximum absolute atomic E-state index is 12.6. The van der Waals surface area contributed by atoms with Crippen LogP contribution < -0.4 is 25.7 Å². The van der Waals surface area contributed by atoms with Crippen molar-refractivity contribution in [1.29, 1.82) is 0 Å². The second-order valence-electron chi connectivity index (χ2n) is 7.31. The zero-order valence-corrected chi connectivity index (χ0v) is 18.4. The molecule has 2 amide bonds. The topological polar surface area (TPSA) is 94.0 Å². The number of para-hydroxylation sites is 4.